The molecule has 3 aromatic rings. The second kappa shape index (κ2) is 6.78. The van der Waals surface area contributed by atoms with Crippen molar-refractivity contribution < 1.29 is 14.3 Å². The number of hydrogen-bond acceptors (Lipinski definition) is 6. The SMILES string of the molecule is COC(=O)c1sc2c(c(N)nn2C)c1NC(=O)/C=C/c1ccccc1. The van der Waals surface area contributed by atoms with Gasteiger partial charge in [0.1, 0.15) is 9.71 Å². The number of amides is 1. The summed E-state index contributed by atoms with van der Waals surface area (Å²) in [5.74, 6) is -0.675. The molecule has 0 saturated heterocycles. The molecule has 0 aliphatic heterocycles. The molecule has 1 amide bonds. The lowest BCUT2D eigenvalue weighted by Crippen LogP contribution is -2.11. The van der Waals surface area contributed by atoms with Crippen LogP contribution in [0.3, 0.4) is 0 Å². The quantitative estimate of drug-likeness (QED) is 0.553. The van der Waals surface area contributed by atoms with Gasteiger partial charge in [-0.3, -0.25) is 9.48 Å². The molecule has 0 saturated carbocycles. The van der Waals surface area contributed by atoms with E-state index in [2.05, 4.69) is 10.4 Å². The second-order valence-corrected chi connectivity index (χ2v) is 6.22. The highest BCUT2D eigenvalue weighted by Crippen LogP contribution is 2.39. The first-order valence-electron chi connectivity index (χ1n) is 7.38. The van der Waals surface area contributed by atoms with Gasteiger partial charge in [0.15, 0.2) is 5.82 Å². The van der Waals surface area contributed by atoms with Crippen LogP contribution in [0, 0.1) is 0 Å². The van der Waals surface area contributed by atoms with Gasteiger partial charge in [-0.1, -0.05) is 30.3 Å². The zero-order valence-corrected chi connectivity index (χ0v) is 14.5. The molecule has 0 unspecified atom stereocenters. The number of benzene rings is 1. The number of nitrogens with two attached hydrogens (primary N) is 1. The van der Waals surface area contributed by atoms with Crippen molar-refractivity contribution in [3.05, 3.63) is 46.8 Å². The number of aryl methyl sites for hydroxylation is 1. The standard InChI is InChI=1S/C17H16N4O3S/c1-21-16-12(15(18)20-21)13(14(25-16)17(23)24-2)19-11(22)9-8-10-6-4-3-5-7-10/h3-9H,1-2H3,(H2,18,20)(H,19,22)/b9-8+. The Morgan fingerprint density at radius 1 is 1.32 bits per heavy atom. The number of anilines is 2. The van der Waals surface area contributed by atoms with E-state index >= 15 is 0 Å². The summed E-state index contributed by atoms with van der Waals surface area (Å²) in [5, 5.41) is 7.38. The smallest absolute Gasteiger partial charge is 0.350 e. The summed E-state index contributed by atoms with van der Waals surface area (Å²) in [6, 6.07) is 9.42. The molecule has 128 valence electrons. The molecule has 1 aromatic carbocycles. The van der Waals surface area contributed by atoms with E-state index in [1.807, 2.05) is 30.3 Å². The summed E-state index contributed by atoms with van der Waals surface area (Å²) in [5.41, 5.74) is 7.14. The first-order valence-corrected chi connectivity index (χ1v) is 8.20. The molecule has 2 heterocycles. The van der Waals surface area contributed by atoms with Crippen molar-refractivity contribution in [2.45, 2.75) is 0 Å². The Balaban J connectivity index is 1.95. The predicted molar refractivity (Wildman–Crippen MR) is 98.4 cm³/mol. The Kier molecular flexibility index (Phi) is 4.53. The third-order valence-corrected chi connectivity index (χ3v) is 4.78. The van der Waals surface area contributed by atoms with Crippen LogP contribution in [0.25, 0.3) is 16.3 Å². The minimum absolute atomic E-state index is 0.242. The highest BCUT2D eigenvalue weighted by atomic mass is 32.1. The van der Waals surface area contributed by atoms with Crippen LogP contribution in [0.1, 0.15) is 15.2 Å². The van der Waals surface area contributed by atoms with Crippen molar-refractivity contribution in [2.24, 2.45) is 7.05 Å². The normalized spacial score (nSPS) is 11.1. The van der Waals surface area contributed by atoms with Crippen molar-refractivity contribution in [1.29, 1.82) is 0 Å². The molecule has 3 N–H and O–H groups in total. The highest BCUT2D eigenvalue weighted by Gasteiger charge is 2.24. The van der Waals surface area contributed by atoms with E-state index in [-0.39, 0.29) is 16.6 Å². The van der Waals surface area contributed by atoms with E-state index in [9.17, 15) is 9.59 Å². The summed E-state index contributed by atoms with van der Waals surface area (Å²) in [4.78, 5) is 25.3. The van der Waals surface area contributed by atoms with Gasteiger partial charge in [-0.05, 0) is 11.6 Å². The lowest BCUT2D eigenvalue weighted by Gasteiger charge is -2.04. The van der Waals surface area contributed by atoms with Crippen LogP contribution >= 0.6 is 11.3 Å². The molecule has 2 aromatic heterocycles. The van der Waals surface area contributed by atoms with Crippen LogP contribution in [0.4, 0.5) is 11.5 Å². The number of nitrogens with zero attached hydrogens (tertiary/aromatic N) is 2. The number of esters is 1. The van der Waals surface area contributed by atoms with Gasteiger partial charge in [0, 0.05) is 13.1 Å². The molecule has 0 fully saturated rings. The minimum atomic E-state index is -0.539. The minimum Gasteiger partial charge on any atom is -0.465 e. The highest BCUT2D eigenvalue weighted by molar-refractivity contribution is 7.21. The van der Waals surface area contributed by atoms with Crippen LogP contribution in [0.5, 0.6) is 0 Å². The van der Waals surface area contributed by atoms with Crippen LogP contribution in [-0.4, -0.2) is 28.8 Å². The predicted octanol–water partition coefficient (Wildman–Crippen LogP) is 2.66. The van der Waals surface area contributed by atoms with Crippen molar-refractivity contribution >= 4 is 51.0 Å². The fourth-order valence-electron chi connectivity index (χ4n) is 2.40. The molecule has 0 aliphatic rings. The number of rotatable bonds is 4. The average molecular weight is 356 g/mol. The summed E-state index contributed by atoms with van der Waals surface area (Å²) in [6.45, 7) is 0. The molecule has 7 nitrogen and oxygen atoms in total. The Morgan fingerprint density at radius 2 is 2.04 bits per heavy atom. The summed E-state index contributed by atoms with van der Waals surface area (Å²) in [6.07, 6.45) is 3.08. The summed E-state index contributed by atoms with van der Waals surface area (Å²) >= 11 is 1.17. The Bertz CT molecular complexity index is 973. The molecule has 3 rings (SSSR count). The first kappa shape index (κ1) is 16.7. The van der Waals surface area contributed by atoms with E-state index in [0.29, 0.717) is 15.9 Å². The van der Waals surface area contributed by atoms with Gasteiger partial charge in [0.25, 0.3) is 0 Å². The van der Waals surface area contributed by atoms with Crippen molar-refractivity contribution in [2.75, 3.05) is 18.2 Å². The molecule has 0 atom stereocenters. The molecule has 0 aliphatic carbocycles. The maximum absolute atomic E-state index is 12.3. The Hall–Kier alpha value is -3.13. The number of aromatic nitrogens is 2. The van der Waals surface area contributed by atoms with E-state index in [4.69, 9.17) is 10.5 Å². The van der Waals surface area contributed by atoms with Crippen LogP contribution < -0.4 is 11.1 Å². The third kappa shape index (κ3) is 3.24. The number of nitrogen functional groups attached to an aromatic ring is 1. The van der Waals surface area contributed by atoms with Crippen LogP contribution in [0.2, 0.25) is 0 Å². The van der Waals surface area contributed by atoms with E-state index in [1.54, 1.807) is 17.8 Å². The van der Waals surface area contributed by atoms with Crippen LogP contribution in [-0.2, 0) is 16.6 Å². The topological polar surface area (TPSA) is 99.2 Å². The second-order valence-electron chi connectivity index (χ2n) is 5.22. The first-order chi connectivity index (χ1) is 12.0. The van der Waals surface area contributed by atoms with Gasteiger partial charge in [-0.15, -0.1) is 11.3 Å². The third-order valence-electron chi connectivity index (χ3n) is 3.54. The Morgan fingerprint density at radius 3 is 2.72 bits per heavy atom. The zero-order valence-electron chi connectivity index (χ0n) is 13.6. The number of carbonyl (C=O) groups excluding carboxylic acids is 2. The number of fused-ring (bicyclic) bond motifs is 1. The summed E-state index contributed by atoms with van der Waals surface area (Å²) in [7, 11) is 3.01. The number of nitrogens with one attached hydrogen (secondary N) is 1. The maximum atomic E-state index is 12.3. The monoisotopic (exact) mass is 356 g/mol. The summed E-state index contributed by atoms with van der Waals surface area (Å²) < 4.78 is 6.36. The molecular formula is C17H16N4O3S. The van der Waals surface area contributed by atoms with Gasteiger partial charge in [-0.2, -0.15) is 5.10 Å². The zero-order chi connectivity index (χ0) is 18.0. The maximum Gasteiger partial charge on any atom is 0.350 e. The van der Waals surface area contributed by atoms with Gasteiger partial charge >= 0.3 is 5.97 Å². The number of ether oxygens (including phenoxy) is 1. The van der Waals surface area contributed by atoms with Crippen molar-refractivity contribution in [3.8, 4) is 0 Å². The van der Waals surface area contributed by atoms with E-state index < -0.39 is 5.97 Å². The molecule has 0 spiro atoms. The van der Waals surface area contributed by atoms with Crippen molar-refractivity contribution in [1.82, 2.24) is 9.78 Å². The Labute approximate surface area is 147 Å². The molecular weight excluding hydrogens is 340 g/mol. The average Bonchev–Trinajstić information content (AvgIpc) is 3.12. The molecule has 0 bridgehead atoms. The van der Waals surface area contributed by atoms with Crippen molar-refractivity contribution in [3.63, 3.8) is 0 Å². The largest absolute Gasteiger partial charge is 0.465 e. The number of thiophene rings is 1. The fourth-order valence-corrected chi connectivity index (χ4v) is 3.50. The molecule has 0 radical (unpaired) electrons. The van der Waals surface area contributed by atoms with Crippen LogP contribution in [0.15, 0.2) is 36.4 Å². The fraction of sp³-hybridized carbons (Fsp3) is 0.118. The number of methoxy groups -OCH3 is 1. The molecule has 8 heteroatoms. The van der Waals surface area contributed by atoms with E-state index in [0.717, 1.165) is 5.56 Å². The van der Waals surface area contributed by atoms with Gasteiger partial charge < -0.3 is 15.8 Å². The van der Waals surface area contributed by atoms with Gasteiger partial charge in [-0.25, -0.2) is 4.79 Å². The lowest BCUT2D eigenvalue weighted by atomic mass is 10.2. The van der Waals surface area contributed by atoms with Gasteiger partial charge in [0.2, 0.25) is 5.91 Å². The van der Waals surface area contributed by atoms with Gasteiger partial charge in [0.05, 0.1) is 18.2 Å². The number of carbonyl (C=O) groups is 2. The lowest BCUT2D eigenvalue weighted by molar-refractivity contribution is -0.111. The number of hydrogen-bond donors (Lipinski definition) is 2. The molecule has 25 heavy (non-hydrogen) atoms. The van der Waals surface area contributed by atoms with E-state index in [1.165, 1.54) is 24.5 Å².